The summed E-state index contributed by atoms with van der Waals surface area (Å²) < 4.78 is 25.7. The Bertz CT molecular complexity index is 1200. The molecule has 2 fully saturated rings. The SMILES string of the molecule is CCC(CC)(NC(=O)c1ccc(N2CC(F)C2)c(OC[C@@H]2C[C@H]2COCc2ccccc2)n1)C(=O)NC(CO)CC(C)C. The van der Waals surface area contributed by atoms with Crippen LogP contribution in [0.15, 0.2) is 42.5 Å². The number of alkyl halides is 1. The number of aliphatic hydroxyl groups excluding tert-OH is 1. The number of anilines is 1. The van der Waals surface area contributed by atoms with Crippen molar-refractivity contribution in [3.8, 4) is 5.88 Å². The van der Waals surface area contributed by atoms with Gasteiger partial charge in [-0.1, -0.05) is 58.0 Å². The van der Waals surface area contributed by atoms with Crippen molar-refractivity contribution in [1.82, 2.24) is 15.6 Å². The van der Waals surface area contributed by atoms with Gasteiger partial charge in [-0.2, -0.15) is 0 Å². The van der Waals surface area contributed by atoms with Gasteiger partial charge in [-0.3, -0.25) is 9.59 Å². The fraction of sp³-hybridized carbons (Fsp3) is 0.606. The van der Waals surface area contributed by atoms with Gasteiger partial charge in [-0.15, -0.1) is 0 Å². The summed E-state index contributed by atoms with van der Waals surface area (Å²) in [5, 5.41) is 15.6. The van der Waals surface area contributed by atoms with Gasteiger partial charge in [0.15, 0.2) is 0 Å². The van der Waals surface area contributed by atoms with Crippen molar-refractivity contribution in [2.75, 3.05) is 37.8 Å². The molecule has 1 aromatic carbocycles. The standard InChI is InChI=1S/C33H47FN4O5/c1-5-33(6-2,32(41)35-27(18-39)14-22(3)4)37-30(40)28-12-13-29(38-16-26(34)17-38)31(36-28)43-21-25-15-24(25)20-42-19-23-10-8-7-9-11-23/h7-13,22,24-27,39H,5-6,14-21H2,1-4H3,(H,35,41)(H,37,40)/t24-,25-,27?/m0/s1. The molecule has 1 aliphatic carbocycles. The molecule has 1 unspecified atom stereocenters. The van der Waals surface area contributed by atoms with Crippen molar-refractivity contribution in [2.45, 2.75) is 77.7 Å². The Balaban J connectivity index is 1.40. The number of hydrogen-bond donors (Lipinski definition) is 3. The van der Waals surface area contributed by atoms with Gasteiger partial charge in [0, 0.05) is 0 Å². The molecule has 4 rings (SSSR count). The number of benzene rings is 1. The highest BCUT2D eigenvalue weighted by molar-refractivity contribution is 5.98. The lowest BCUT2D eigenvalue weighted by Crippen LogP contribution is -2.60. The minimum absolute atomic E-state index is 0.120. The number of carbonyl (C=O) groups is 2. The highest BCUT2D eigenvalue weighted by atomic mass is 19.1. The fourth-order valence-electron chi connectivity index (χ4n) is 5.49. The first-order chi connectivity index (χ1) is 20.7. The van der Waals surface area contributed by atoms with Crippen molar-refractivity contribution in [3.05, 3.63) is 53.7 Å². The predicted octanol–water partition coefficient (Wildman–Crippen LogP) is 4.28. The number of hydrogen-bond acceptors (Lipinski definition) is 7. The number of carbonyl (C=O) groups excluding carboxylic acids is 2. The zero-order valence-corrected chi connectivity index (χ0v) is 25.9. The normalized spacial score (nSPS) is 19.1. The molecule has 3 atom stereocenters. The van der Waals surface area contributed by atoms with E-state index in [-0.39, 0.29) is 43.1 Å². The average molecular weight is 599 g/mol. The van der Waals surface area contributed by atoms with Crippen molar-refractivity contribution in [1.29, 1.82) is 0 Å². The summed E-state index contributed by atoms with van der Waals surface area (Å²) in [5.74, 6) is 0.459. The van der Waals surface area contributed by atoms with E-state index in [1.807, 2.05) is 62.9 Å². The number of pyridine rings is 1. The predicted molar refractivity (Wildman–Crippen MR) is 164 cm³/mol. The van der Waals surface area contributed by atoms with Gasteiger partial charge in [0.05, 0.1) is 45.6 Å². The lowest BCUT2D eigenvalue weighted by molar-refractivity contribution is -0.128. The van der Waals surface area contributed by atoms with Gasteiger partial charge in [0.1, 0.15) is 23.1 Å². The molecule has 10 heteroatoms. The van der Waals surface area contributed by atoms with Crippen LogP contribution >= 0.6 is 0 Å². The van der Waals surface area contributed by atoms with Gasteiger partial charge in [0.25, 0.3) is 5.91 Å². The van der Waals surface area contributed by atoms with Gasteiger partial charge in [-0.05, 0) is 61.1 Å². The van der Waals surface area contributed by atoms with Crippen molar-refractivity contribution >= 4 is 17.5 Å². The number of amides is 2. The molecule has 1 saturated carbocycles. The number of aliphatic hydroxyl groups is 1. The Kier molecular flexibility index (Phi) is 11.4. The smallest absolute Gasteiger partial charge is 0.270 e. The van der Waals surface area contributed by atoms with Crippen LogP contribution in [-0.4, -0.2) is 72.6 Å². The van der Waals surface area contributed by atoms with E-state index in [9.17, 15) is 19.1 Å². The monoisotopic (exact) mass is 598 g/mol. The van der Waals surface area contributed by atoms with Gasteiger partial charge in [-0.25, -0.2) is 9.37 Å². The summed E-state index contributed by atoms with van der Waals surface area (Å²) in [7, 11) is 0. The summed E-state index contributed by atoms with van der Waals surface area (Å²) in [4.78, 5) is 33.2. The molecule has 1 aliphatic heterocycles. The first-order valence-corrected chi connectivity index (χ1v) is 15.6. The van der Waals surface area contributed by atoms with E-state index in [2.05, 4.69) is 15.6 Å². The van der Waals surface area contributed by atoms with Crippen LogP contribution in [0.2, 0.25) is 0 Å². The Labute approximate surface area is 254 Å². The third kappa shape index (κ3) is 8.66. The van der Waals surface area contributed by atoms with Crippen molar-refractivity contribution < 1.29 is 28.6 Å². The van der Waals surface area contributed by atoms with E-state index in [0.29, 0.717) is 56.6 Å². The summed E-state index contributed by atoms with van der Waals surface area (Å²) in [5.41, 5.74) is 0.743. The second-order valence-electron chi connectivity index (χ2n) is 12.3. The summed E-state index contributed by atoms with van der Waals surface area (Å²) in [6.45, 7) is 9.70. The molecular weight excluding hydrogens is 551 g/mol. The molecular formula is C33H47FN4O5. The Morgan fingerprint density at radius 1 is 1.09 bits per heavy atom. The zero-order chi connectivity index (χ0) is 31.0. The Morgan fingerprint density at radius 2 is 1.79 bits per heavy atom. The van der Waals surface area contributed by atoms with E-state index >= 15 is 0 Å². The number of rotatable bonds is 17. The van der Waals surface area contributed by atoms with Crippen LogP contribution in [0.25, 0.3) is 0 Å². The quantitative estimate of drug-likeness (QED) is 0.249. The molecule has 0 spiro atoms. The number of nitrogens with one attached hydrogen (secondary N) is 2. The minimum Gasteiger partial charge on any atom is -0.476 e. The van der Waals surface area contributed by atoms with Crippen LogP contribution in [0.4, 0.5) is 10.1 Å². The molecule has 9 nitrogen and oxygen atoms in total. The molecule has 2 aromatic rings. The molecule has 2 aliphatic rings. The fourth-order valence-corrected chi connectivity index (χ4v) is 5.49. The second kappa shape index (κ2) is 15.0. The van der Waals surface area contributed by atoms with E-state index < -0.39 is 23.7 Å². The average Bonchev–Trinajstić information content (AvgIpc) is 3.75. The lowest BCUT2D eigenvalue weighted by Gasteiger charge is -2.37. The molecule has 0 bridgehead atoms. The number of aromatic nitrogens is 1. The van der Waals surface area contributed by atoms with Crippen LogP contribution < -0.4 is 20.3 Å². The van der Waals surface area contributed by atoms with Crippen LogP contribution in [0.1, 0.15) is 69.4 Å². The lowest BCUT2D eigenvalue weighted by atomic mass is 9.90. The van der Waals surface area contributed by atoms with Crippen LogP contribution in [0, 0.1) is 17.8 Å². The molecule has 236 valence electrons. The third-order valence-corrected chi connectivity index (χ3v) is 8.50. The van der Waals surface area contributed by atoms with Gasteiger partial charge >= 0.3 is 0 Å². The first-order valence-electron chi connectivity index (χ1n) is 15.6. The highest BCUT2D eigenvalue weighted by Gasteiger charge is 2.40. The van der Waals surface area contributed by atoms with Crippen LogP contribution in [0.5, 0.6) is 5.88 Å². The molecule has 2 heterocycles. The molecule has 1 aromatic heterocycles. The summed E-state index contributed by atoms with van der Waals surface area (Å²) in [6.07, 6.45) is 1.43. The number of ether oxygens (including phenoxy) is 2. The molecule has 1 saturated heterocycles. The minimum atomic E-state index is -1.16. The topological polar surface area (TPSA) is 113 Å². The van der Waals surface area contributed by atoms with Gasteiger partial charge < -0.3 is 30.1 Å². The Morgan fingerprint density at radius 3 is 2.42 bits per heavy atom. The van der Waals surface area contributed by atoms with Crippen molar-refractivity contribution in [3.63, 3.8) is 0 Å². The maximum absolute atomic E-state index is 13.7. The first kappa shape index (κ1) is 32.7. The van der Waals surface area contributed by atoms with E-state index in [1.54, 1.807) is 12.1 Å². The van der Waals surface area contributed by atoms with Crippen molar-refractivity contribution in [2.24, 2.45) is 17.8 Å². The number of halogens is 1. The number of nitrogens with zero attached hydrogens (tertiary/aromatic N) is 2. The highest BCUT2D eigenvalue weighted by Crippen LogP contribution is 2.40. The van der Waals surface area contributed by atoms with Crippen LogP contribution in [0.3, 0.4) is 0 Å². The molecule has 43 heavy (non-hydrogen) atoms. The van der Waals surface area contributed by atoms with Gasteiger partial charge in [0.2, 0.25) is 11.8 Å². The zero-order valence-electron chi connectivity index (χ0n) is 25.9. The Hall–Kier alpha value is -3.24. The molecule has 2 amide bonds. The molecule has 3 N–H and O–H groups in total. The maximum atomic E-state index is 13.7. The summed E-state index contributed by atoms with van der Waals surface area (Å²) in [6, 6.07) is 13.0. The molecule has 0 radical (unpaired) electrons. The van der Waals surface area contributed by atoms with E-state index in [0.717, 1.165) is 12.0 Å². The second-order valence-corrected chi connectivity index (χ2v) is 12.3. The van der Waals surface area contributed by atoms with Crippen LogP contribution in [-0.2, 0) is 16.1 Å². The van der Waals surface area contributed by atoms with E-state index in [4.69, 9.17) is 9.47 Å². The summed E-state index contributed by atoms with van der Waals surface area (Å²) >= 11 is 0. The van der Waals surface area contributed by atoms with E-state index in [1.165, 1.54) is 0 Å². The third-order valence-electron chi connectivity index (χ3n) is 8.50. The maximum Gasteiger partial charge on any atom is 0.270 e. The largest absolute Gasteiger partial charge is 0.476 e.